The Labute approximate surface area is 222 Å². The molecule has 2 aliphatic heterocycles. The number of hydrogen-bond donors (Lipinski definition) is 0. The molecule has 0 fully saturated rings. The number of methoxy groups -OCH3 is 3. The fourth-order valence-corrected chi connectivity index (χ4v) is 6.16. The van der Waals surface area contributed by atoms with Gasteiger partial charge in [0.15, 0.2) is 16.3 Å². The molecule has 38 heavy (non-hydrogen) atoms. The number of ether oxygens (including phenoxy) is 3. The molecule has 0 aliphatic carbocycles. The van der Waals surface area contributed by atoms with Crippen molar-refractivity contribution >= 4 is 34.5 Å². The van der Waals surface area contributed by atoms with E-state index in [0.29, 0.717) is 45.2 Å². The summed E-state index contributed by atoms with van der Waals surface area (Å²) in [7, 11) is 4.34. The average Bonchev–Trinajstić information content (AvgIpc) is 3.39. The fourth-order valence-electron chi connectivity index (χ4n) is 5.03. The van der Waals surface area contributed by atoms with Crippen molar-refractivity contribution in [2.75, 3.05) is 32.8 Å². The minimum Gasteiger partial charge on any atom is -0.493 e. The number of thiazole rings is 1. The van der Waals surface area contributed by atoms with Crippen LogP contribution in [0.5, 0.6) is 11.5 Å². The van der Waals surface area contributed by atoms with E-state index in [0.717, 1.165) is 23.4 Å². The molecule has 0 radical (unpaired) electrons. The van der Waals surface area contributed by atoms with E-state index in [1.807, 2.05) is 31.2 Å². The molecule has 0 saturated heterocycles. The molecule has 1 aromatic heterocycles. The number of para-hydroxylation sites is 1. The predicted molar refractivity (Wildman–Crippen MR) is 143 cm³/mol. The third kappa shape index (κ3) is 3.83. The fraction of sp³-hybridized carbons (Fsp3) is 0.286. The molecule has 3 heterocycles. The van der Waals surface area contributed by atoms with Crippen molar-refractivity contribution in [1.82, 2.24) is 4.57 Å². The molecule has 0 bridgehead atoms. The molecular weight excluding hydrogens is 506 g/mol. The van der Waals surface area contributed by atoms with Gasteiger partial charge in [0.2, 0.25) is 0 Å². The summed E-state index contributed by atoms with van der Waals surface area (Å²) < 4.78 is 17.7. The molecule has 0 saturated carbocycles. The number of aromatic nitrogens is 1. The highest BCUT2D eigenvalue weighted by Gasteiger charge is 2.37. The summed E-state index contributed by atoms with van der Waals surface area (Å²) in [5.41, 5.74) is 2.71. The van der Waals surface area contributed by atoms with Crippen molar-refractivity contribution in [2.45, 2.75) is 26.3 Å². The second kappa shape index (κ2) is 9.94. The van der Waals surface area contributed by atoms with E-state index in [-0.39, 0.29) is 16.0 Å². The summed E-state index contributed by atoms with van der Waals surface area (Å²) in [6.45, 7) is 4.25. The van der Waals surface area contributed by atoms with Gasteiger partial charge >= 0.3 is 5.97 Å². The van der Waals surface area contributed by atoms with Gasteiger partial charge in [0.1, 0.15) is 4.53 Å². The van der Waals surface area contributed by atoms with Crippen LogP contribution in [0.15, 0.2) is 63.5 Å². The Morgan fingerprint density at radius 1 is 1.05 bits per heavy atom. The topological polar surface area (TPSA) is 99.4 Å². The summed E-state index contributed by atoms with van der Waals surface area (Å²) in [5.74, 6) is 0.143. The summed E-state index contributed by atoms with van der Waals surface area (Å²) in [5, 5.41) is 0. The Bertz CT molecular complexity index is 1680. The molecule has 1 amide bonds. The van der Waals surface area contributed by atoms with Crippen LogP contribution in [-0.4, -0.2) is 44.3 Å². The van der Waals surface area contributed by atoms with Gasteiger partial charge < -0.3 is 19.1 Å². The van der Waals surface area contributed by atoms with E-state index in [1.165, 1.54) is 25.9 Å². The maximum atomic E-state index is 14.1. The smallest absolute Gasteiger partial charge is 0.338 e. The molecule has 10 heteroatoms. The largest absolute Gasteiger partial charge is 0.493 e. The van der Waals surface area contributed by atoms with Crippen molar-refractivity contribution < 1.29 is 23.8 Å². The molecule has 1 atom stereocenters. The highest BCUT2D eigenvalue weighted by Crippen LogP contribution is 2.37. The van der Waals surface area contributed by atoms with Crippen molar-refractivity contribution in [3.63, 3.8) is 0 Å². The molecular formula is C28H27N3O6S. The van der Waals surface area contributed by atoms with E-state index in [1.54, 1.807) is 30.0 Å². The number of anilines is 1. The first-order valence-corrected chi connectivity index (χ1v) is 12.9. The number of carbonyl (C=O) groups excluding carboxylic acids is 2. The van der Waals surface area contributed by atoms with Crippen molar-refractivity contribution in [1.29, 1.82) is 0 Å². The number of nitrogens with zero attached hydrogens (tertiary/aromatic N) is 3. The molecule has 2 aromatic carbocycles. The van der Waals surface area contributed by atoms with Crippen LogP contribution in [0.4, 0.5) is 5.69 Å². The van der Waals surface area contributed by atoms with Crippen LogP contribution < -0.4 is 29.3 Å². The maximum Gasteiger partial charge on any atom is 0.338 e. The van der Waals surface area contributed by atoms with Crippen LogP contribution in [0.25, 0.3) is 5.57 Å². The average molecular weight is 534 g/mol. The summed E-state index contributed by atoms with van der Waals surface area (Å²) in [4.78, 5) is 47.4. The second-order valence-corrected chi connectivity index (χ2v) is 9.83. The van der Waals surface area contributed by atoms with Gasteiger partial charge in [-0.15, -0.1) is 0 Å². The third-order valence-corrected chi connectivity index (χ3v) is 7.78. The Balaban J connectivity index is 1.82. The molecule has 2 aliphatic rings. The summed E-state index contributed by atoms with van der Waals surface area (Å²) in [6.07, 6.45) is 0.773. The maximum absolute atomic E-state index is 14.1. The number of esters is 1. The van der Waals surface area contributed by atoms with E-state index < -0.39 is 17.6 Å². The van der Waals surface area contributed by atoms with Crippen molar-refractivity contribution in [3.8, 4) is 11.5 Å². The van der Waals surface area contributed by atoms with Crippen molar-refractivity contribution in [2.24, 2.45) is 4.99 Å². The lowest BCUT2D eigenvalue weighted by Gasteiger charge is -2.25. The van der Waals surface area contributed by atoms with E-state index in [9.17, 15) is 14.4 Å². The number of allylic oxidation sites excluding steroid dienone is 1. The van der Waals surface area contributed by atoms with Gasteiger partial charge in [-0.1, -0.05) is 42.5 Å². The van der Waals surface area contributed by atoms with E-state index in [4.69, 9.17) is 14.2 Å². The van der Waals surface area contributed by atoms with Gasteiger partial charge in [-0.25, -0.2) is 9.79 Å². The highest BCUT2D eigenvalue weighted by molar-refractivity contribution is 7.07. The Hall–Kier alpha value is -4.18. The van der Waals surface area contributed by atoms with Gasteiger partial charge in [0.25, 0.3) is 11.5 Å². The van der Waals surface area contributed by atoms with Crippen LogP contribution in [0.3, 0.4) is 0 Å². The van der Waals surface area contributed by atoms with Crippen LogP contribution in [0.2, 0.25) is 0 Å². The minimum atomic E-state index is -0.841. The Morgan fingerprint density at radius 2 is 1.79 bits per heavy atom. The standard InChI is InChI=1S/C28H27N3O6S/c1-6-13-30-18-10-8-7-9-17(18)22(25(30)32)24-26(33)31-23(16-11-12-19(35-3)20(14-16)36-4)21(27(34)37-5)15(2)29-28(31)38-24/h7-12,14,23H,6,13H2,1-5H3/b24-22-/t23-/m0/s1. The lowest BCUT2D eigenvalue weighted by atomic mass is 9.95. The van der Waals surface area contributed by atoms with Gasteiger partial charge in [0, 0.05) is 12.1 Å². The van der Waals surface area contributed by atoms with Crippen molar-refractivity contribution in [3.05, 3.63) is 84.5 Å². The third-order valence-electron chi connectivity index (χ3n) is 6.72. The number of rotatable bonds is 6. The predicted octanol–water partition coefficient (Wildman–Crippen LogP) is 2.55. The first kappa shape index (κ1) is 25.5. The normalized spacial score (nSPS) is 17.7. The number of amides is 1. The van der Waals surface area contributed by atoms with Gasteiger partial charge in [-0.05, 0) is 37.1 Å². The quantitative estimate of drug-likeness (QED) is 0.452. The lowest BCUT2D eigenvalue weighted by Crippen LogP contribution is -2.41. The zero-order valence-corrected chi connectivity index (χ0v) is 22.5. The van der Waals surface area contributed by atoms with Crippen LogP contribution in [0.1, 0.15) is 37.4 Å². The van der Waals surface area contributed by atoms with Crippen LogP contribution >= 0.6 is 11.3 Å². The molecule has 3 aromatic rings. The monoisotopic (exact) mass is 533 g/mol. The van der Waals surface area contributed by atoms with E-state index >= 15 is 0 Å². The van der Waals surface area contributed by atoms with Gasteiger partial charge in [0.05, 0.1) is 49.9 Å². The SMILES string of the molecule is CCCN1C(=O)/C(=c2\sc3n(c2=O)[C@@H](c2ccc(OC)c(OC)c2)C(C(=O)OC)=C(C)N=3)c2ccccc21. The van der Waals surface area contributed by atoms with E-state index in [2.05, 4.69) is 4.99 Å². The summed E-state index contributed by atoms with van der Waals surface area (Å²) >= 11 is 1.14. The zero-order chi connectivity index (χ0) is 27.1. The highest BCUT2D eigenvalue weighted by atomic mass is 32.1. The number of benzene rings is 2. The zero-order valence-electron chi connectivity index (χ0n) is 21.7. The molecule has 0 spiro atoms. The minimum absolute atomic E-state index is 0.218. The van der Waals surface area contributed by atoms with Gasteiger partial charge in [-0.3, -0.25) is 14.2 Å². The number of fused-ring (bicyclic) bond motifs is 2. The molecule has 196 valence electrons. The summed E-state index contributed by atoms with van der Waals surface area (Å²) in [6, 6.07) is 11.8. The molecule has 5 rings (SSSR count). The molecule has 0 unspecified atom stereocenters. The molecule has 0 N–H and O–H groups in total. The Kier molecular flexibility index (Phi) is 6.66. The number of carbonyl (C=O) groups is 2. The lowest BCUT2D eigenvalue weighted by molar-refractivity contribution is -0.136. The first-order valence-electron chi connectivity index (χ1n) is 12.1. The van der Waals surface area contributed by atoms with Crippen LogP contribution in [0, 0.1) is 0 Å². The molecule has 9 nitrogen and oxygen atoms in total. The first-order chi connectivity index (χ1) is 18.4. The number of hydrogen-bond acceptors (Lipinski definition) is 8. The van der Waals surface area contributed by atoms with Crippen LogP contribution in [-0.2, 0) is 14.3 Å². The second-order valence-electron chi connectivity index (χ2n) is 8.86. The Morgan fingerprint density at radius 3 is 2.47 bits per heavy atom. The van der Waals surface area contributed by atoms with Gasteiger partial charge in [-0.2, -0.15) is 0 Å².